The third-order valence-corrected chi connectivity index (χ3v) is 4.02. The third-order valence-electron chi connectivity index (χ3n) is 2.56. The summed E-state index contributed by atoms with van der Waals surface area (Å²) in [5, 5.41) is 0. The van der Waals surface area contributed by atoms with E-state index in [2.05, 4.69) is 11.3 Å². The molecule has 0 unspecified atom stereocenters. The summed E-state index contributed by atoms with van der Waals surface area (Å²) in [5.41, 5.74) is 1.67. The van der Waals surface area contributed by atoms with Crippen molar-refractivity contribution in [3.8, 4) is 5.75 Å². The molecule has 0 amide bonds. The molecule has 0 spiro atoms. The van der Waals surface area contributed by atoms with Crippen LogP contribution >= 0.6 is 0 Å². The standard InChI is InChI=1S/C14H21NO4S/c1-11(2)10-19-8-7-15-20(16,17)13-5-6-14(18-4)12(3)9-13/h5-6,9,15H,1,7-8,10H2,2-4H3. The molecule has 5 nitrogen and oxygen atoms in total. The fourth-order valence-electron chi connectivity index (χ4n) is 1.60. The van der Waals surface area contributed by atoms with E-state index in [1.165, 1.54) is 6.07 Å². The first-order valence-electron chi connectivity index (χ1n) is 6.23. The number of rotatable bonds is 8. The fourth-order valence-corrected chi connectivity index (χ4v) is 2.69. The van der Waals surface area contributed by atoms with E-state index in [1.807, 2.05) is 6.92 Å². The Morgan fingerprint density at radius 2 is 2.10 bits per heavy atom. The summed E-state index contributed by atoms with van der Waals surface area (Å²) in [6, 6.07) is 4.74. The van der Waals surface area contributed by atoms with Gasteiger partial charge in [0.2, 0.25) is 10.0 Å². The Morgan fingerprint density at radius 3 is 2.65 bits per heavy atom. The number of aryl methyl sites for hydroxylation is 1. The Balaban J connectivity index is 2.60. The van der Waals surface area contributed by atoms with E-state index < -0.39 is 10.0 Å². The fraction of sp³-hybridized carbons (Fsp3) is 0.429. The smallest absolute Gasteiger partial charge is 0.240 e. The van der Waals surface area contributed by atoms with Crippen molar-refractivity contribution in [2.75, 3.05) is 26.9 Å². The maximum absolute atomic E-state index is 12.1. The summed E-state index contributed by atoms with van der Waals surface area (Å²) in [7, 11) is -1.97. The highest BCUT2D eigenvalue weighted by molar-refractivity contribution is 7.89. The first-order valence-corrected chi connectivity index (χ1v) is 7.71. The zero-order valence-electron chi connectivity index (χ0n) is 12.1. The molecule has 0 radical (unpaired) electrons. The van der Waals surface area contributed by atoms with Crippen molar-refractivity contribution in [2.45, 2.75) is 18.7 Å². The summed E-state index contributed by atoms with van der Waals surface area (Å²) in [6.07, 6.45) is 0. The van der Waals surface area contributed by atoms with Crippen molar-refractivity contribution in [3.05, 3.63) is 35.9 Å². The van der Waals surface area contributed by atoms with E-state index in [-0.39, 0.29) is 11.4 Å². The van der Waals surface area contributed by atoms with E-state index in [9.17, 15) is 8.42 Å². The van der Waals surface area contributed by atoms with Crippen LogP contribution in [0.2, 0.25) is 0 Å². The molecule has 0 aliphatic carbocycles. The monoisotopic (exact) mass is 299 g/mol. The summed E-state index contributed by atoms with van der Waals surface area (Å²) < 4.78 is 36.9. The first kappa shape index (κ1) is 16.7. The van der Waals surface area contributed by atoms with Gasteiger partial charge in [-0.25, -0.2) is 13.1 Å². The molecular formula is C14H21NO4S. The van der Waals surface area contributed by atoms with Gasteiger partial charge in [0.25, 0.3) is 0 Å². The van der Waals surface area contributed by atoms with Crippen LogP contribution in [-0.4, -0.2) is 35.3 Å². The van der Waals surface area contributed by atoms with Crippen LogP contribution in [0.3, 0.4) is 0 Å². The van der Waals surface area contributed by atoms with E-state index in [0.717, 1.165) is 11.1 Å². The first-order chi connectivity index (χ1) is 9.36. The van der Waals surface area contributed by atoms with Gasteiger partial charge in [-0.05, 0) is 37.6 Å². The zero-order chi connectivity index (χ0) is 15.2. The van der Waals surface area contributed by atoms with Crippen LogP contribution in [0, 0.1) is 6.92 Å². The summed E-state index contributed by atoms with van der Waals surface area (Å²) in [6.45, 7) is 8.31. The number of hydrogen-bond donors (Lipinski definition) is 1. The third kappa shape index (κ3) is 4.96. The molecular weight excluding hydrogens is 278 g/mol. The second-order valence-corrected chi connectivity index (χ2v) is 6.31. The molecule has 0 atom stereocenters. The maximum atomic E-state index is 12.1. The summed E-state index contributed by atoms with van der Waals surface area (Å²) >= 11 is 0. The molecule has 0 saturated heterocycles. The van der Waals surface area contributed by atoms with Gasteiger partial charge in [0.1, 0.15) is 5.75 Å². The lowest BCUT2D eigenvalue weighted by Crippen LogP contribution is -2.27. The van der Waals surface area contributed by atoms with Crippen LogP contribution in [0.25, 0.3) is 0 Å². The van der Waals surface area contributed by atoms with Gasteiger partial charge in [0, 0.05) is 6.54 Å². The molecule has 112 valence electrons. The van der Waals surface area contributed by atoms with Crippen LogP contribution in [-0.2, 0) is 14.8 Å². The van der Waals surface area contributed by atoms with E-state index in [4.69, 9.17) is 9.47 Å². The minimum absolute atomic E-state index is 0.218. The molecule has 1 aromatic carbocycles. The Morgan fingerprint density at radius 1 is 1.40 bits per heavy atom. The van der Waals surface area contributed by atoms with Crippen LogP contribution in [0.15, 0.2) is 35.2 Å². The van der Waals surface area contributed by atoms with Crippen molar-refractivity contribution in [1.82, 2.24) is 4.72 Å². The largest absolute Gasteiger partial charge is 0.496 e. The molecule has 6 heteroatoms. The van der Waals surface area contributed by atoms with Gasteiger partial charge < -0.3 is 9.47 Å². The lowest BCUT2D eigenvalue weighted by Gasteiger charge is -2.10. The highest BCUT2D eigenvalue weighted by Crippen LogP contribution is 2.20. The number of nitrogens with one attached hydrogen (secondary N) is 1. The van der Waals surface area contributed by atoms with Crippen LogP contribution < -0.4 is 9.46 Å². The maximum Gasteiger partial charge on any atom is 0.240 e. The Labute approximate surface area is 120 Å². The highest BCUT2D eigenvalue weighted by Gasteiger charge is 2.14. The molecule has 1 N–H and O–H groups in total. The normalized spacial score (nSPS) is 11.3. The molecule has 0 fully saturated rings. The van der Waals surface area contributed by atoms with Gasteiger partial charge in [-0.1, -0.05) is 12.2 Å². The molecule has 1 aromatic rings. The lowest BCUT2D eigenvalue weighted by atomic mass is 10.2. The number of ether oxygens (including phenoxy) is 2. The SMILES string of the molecule is C=C(C)COCCNS(=O)(=O)c1ccc(OC)c(C)c1. The average molecular weight is 299 g/mol. The summed E-state index contributed by atoms with van der Waals surface area (Å²) in [5.74, 6) is 0.661. The number of sulfonamides is 1. The highest BCUT2D eigenvalue weighted by atomic mass is 32.2. The predicted octanol–water partition coefficient (Wildman–Crippen LogP) is 1.87. The van der Waals surface area contributed by atoms with Crippen LogP contribution in [0.5, 0.6) is 5.75 Å². The van der Waals surface area contributed by atoms with Crippen LogP contribution in [0.4, 0.5) is 0 Å². The van der Waals surface area contributed by atoms with Crippen molar-refractivity contribution in [2.24, 2.45) is 0 Å². The quantitative estimate of drug-likeness (QED) is 0.588. The average Bonchev–Trinajstić information content (AvgIpc) is 2.37. The van der Waals surface area contributed by atoms with E-state index in [0.29, 0.717) is 19.0 Å². The van der Waals surface area contributed by atoms with Crippen molar-refractivity contribution < 1.29 is 17.9 Å². The van der Waals surface area contributed by atoms with Gasteiger partial charge in [0.15, 0.2) is 0 Å². The van der Waals surface area contributed by atoms with Crippen molar-refractivity contribution in [3.63, 3.8) is 0 Å². The van der Waals surface area contributed by atoms with Gasteiger partial charge in [-0.15, -0.1) is 0 Å². The molecule has 1 rings (SSSR count). The second kappa shape index (κ2) is 7.42. The minimum Gasteiger partial charge on any atom is -0.496 e. The van der Waals surface area contributed by atoms with Gasteiger partial charge in [-0.3, -0.25) is 0 Å². The molecule has 0 aliphatic rings. The molecule has 0 heterocycles. The number of methoxy groups -OCH3 is 1. The molecule has 0 bridgehead atoms. The summed E-state index contributed by atoms with van der Waals surface area (Å²) in [4.78, 5) is 0.218. The van der Waals surface area contributed by atoms with Crippen LogP contribution in [0.1, 0.15) is 12.5 Å². The number of hydrogen-bond acceptors (Lipinski definition) is 4. The Kier molecular flexibility index (Phi) is 6.19. The molecule has 0 aromatic heterocycles. The predicted molar refractivity (Wildman–Crippen MR) is 78.6 cm³/mol. The topological polar surface area (TPSA) is 64.6 Å². The van der Waals surface area contributed by atoms with E-state index in [1.54, 1.807) is 26.2 Å². The minimum atomic E-state index is -3.52. The van der Waals surface area contributed by atoms with E-state index >= 15 is 0 Å². The number of benzene rings is 1. The van der Waals surface area contributed by atoms with Gasteiger partial charge in [0.05, 0.1) is 25.2 Å². The second-order valence-electron chi connectivity index (χ2n) is 4.54. The Bertz CT molecular complexity index is 567. The molecule has 0 saturated carbocycles. The molecule has 20 heavy (non-hydrogen) atoms. The van der Waals surface area contributed by atoms with Crippen molar-refractivity contribution in [1.29, 1.82) is 0 Å². The Hall–Kier alpha value is -1.37. The molecule has 0 aliphatic heterocycles. The lowest BCUT2D eigenvalue weighted by molar-refractivity contribution is 0.162. The van der Waals surface area contributed by atoms with Crippen molar-refractivity contribution >= 4 is 10.0 Å². The zero-order valence-corrected chi connectivity index (χ0v) is 12.9. The van der Waals surface area contributed by atoms with Gasteiger partial charge >= 0.3 is 0 Å². The van der Waals surface area contributed by atoms with Gasteiger partial charge in [-0.2, -0.15) is 0 Å².